The number of rotatable bonds is 1. The molecule has 1 rings (SSSR count). The summed E-state index contributed by atoms with van der Waals surface area (Å²) in [6.07, 6.45) is 0. The Morgan fingerprint density at radius 3 is 2.45 bits per heavy atom. The zero-order valence-corrected chi connectivity index (χ0v) is 8.91. The zero-order chi connectivity index (χ0) is 8.43. The molecule has 0 nitrogen and oxygen atoms in total. The monoisotopic (exact) mass is 232 g/mol. The van der Waals surface area contributed by atoms with Gasteiger partial charge in [0.15, 0.2) is 0 Å². The molecule has 2 heteroatoms. The van der Waals surface area contributed by atoms with E-state index in [0.29, 0.717) is 5.92 Å². The van der Waals surface area contributed by atoms with E-state index in [1.54, 1.807) is 0 Å². The molecule has 1 aromatic carbocycles. The Balaban J connectivity index is 3.05. The lowest BCUT2D eigenvalue weighted by Crippen LogP contribution is -1.85. The van der Waals surface area contributed by atoms with Crippen LogP contribution in [0.25, 0.3) is 0 Å². The fraction of sp³-hybridized carbons (Fsp3) is 0.333. The summed E-state index contributed by atoms with van der Waals surface area (Å²) in [7, 11) is 0. The predicted octanol–water partition coefficient (Wildman–Crippen LogP) is 4.23. The van der Waals surface area contributed by atoms with E-state index < -0.39 is 0 Å². The molecule has 0 saturated heterocycles. The van der Waals surface area contributed by atoms with Crippen molar-refractivity contribution in [3.8, 4) is 0 Å². The van der Waals surface area contributed by atoms with Crippen molar-refractivity contribution in [1.82, 2.24) is 0 Å². The fourth-order valence-electron chi connectivity index (χ4n) is 0.871. The summed E-state index contributed by atoms with van der Waals surface area (Å²) < 4.78 is 0.962. The molecule has 0 saturated carbocycles. The van der Waals surface area contributed by atoms with Crippen LogP contribution in [0.4, 0.5) is 0 Å². The molecule has 60 valence electrons. The number of halogens is 2. The summed E-state index contributed by atoms with van der Waals surface area (Å²) in [5.41, 5.74) is 1.28. The topological polar surface area (TPSA) is 0 Å². The van der Waals surface area contributed by atoms with Crippen LogP contribution in [0.1, 0.15) is 25.3 Å². The molecule has 0 radical (unpaired) electrons. The number of hydrogen-bond acceptors (Lipinski definition) is 0. The van der Waals surface area contributed by atoms with Crippen LogP contribution in [0.5, 0.6) is 0 Å². The highest BCUT2D eigenvalue weighted by molar-refractivity contribution is 9.10. The largest absolute Gasteiger partial charge is 0.0831 e. The van der Waals surface area contributed by atoms with Gasteiger partial charge in [0.25, 0.3) is 0 Å². The third-order valence-corrected chi connectivity index (χ3v) is 2.84. The summed E-state index contributed by atoms with van der Waals surface area (Å²) in [5, 5.41) is 0.788. The molecule has 11 heavy (non-hydrogen) atoms. The smallest absolute Gasteiger partial charge is 0.0550 e. The highest BCUT2D eigenvalue weighted by Gasteiger charge is 2.01. The van der Waals surface area contributed by atoms with Crippen LogP contribution in [-0.2, 0) is 0 Å². The lowest BCUT2D eigenvalue weighted by atomic mass is 10.0. The lowest BCUT2D eigenvalue weighted by Gasteiger charge is -2.05. The van der Waals surface area contributed by atoms with E-state index in [2.05, 4.69) is 35.8 Å². The third kappa shape index (κ3) is 2.21. The highest BCUT2D eigenvalue weighted by Crippen LogP contribution is 2.26. The Bertz CT molecular complexity index is 256. The Kier molecular flexibility index (Phi) is 2.97. The Hall–Kier alpha value is -0.0100. The first-order valence-electron chi connectivity index (χ1n) is 3.56. The van der Waals surface area contributed by atoms with Gasteiger partial charge in [-0.25, -0.2) is 0 Å². The molecular weight excluding hydrogens is 223 g/mol. The van der Waals surface area contributed by atoms with Gasteiger partial charge in [-0.1, -0.05) is 31.5 Å². The van der Waals surface area contributed by atoms with Gasteiger partial charge in [0.05, 0.1) is 5.02 Å². The molecule has 0 spiro atoms. The molecule has 0 fully saturated rings. The minimum atomic E-state index is 0.542. The summed E-state index contributed by atoms with van der Waals surface area (Å²) >= 11 is 9.26. The summed E-state index contributed by atoms with van der Waals surface area (Å²) in [4.78, 5) is 0. The average Bonchev–Trinajstić information content (AvgIpc) is 1.94. The first kappa shape index (κ1) is 9.08. The van der Waals surface area contributed by atoms with Gasteiger partial charge in [-0.3, -0.25) is 0 Å². The number of hydrogen-bond donors (Lipinski definition) is 0. The number of benzene rings is 1. The van der Waals surface area contributed by atoms with E-state index >= 15 is 0 Å². The first-order valence-corrected chi connectivity index (χ1v) is 4.73. The van der Waals surface area contributed by atoms with Crippen LogP contribution < -0.4 is 0 Å². The Labute approximate surface area is 80.7 Å². The van der Waals surface area contributed by atoms with Crippen molar-refractivity contribution in [2.75, 3.05) is 0 Å². The zero-order valence-electron chi connectivity index (χ0n) is 6.57. The van der Waals surface area contributed by atoms with Crippen molar-refractivity contribution in [3.05, 3.63) is 33.3 Å². The molecule has 0 aliphatic carbocycles. The lowest BCUT2D eigenvalue weighted by molar-refractivity contribution is 0.866. The van der Waals surface area contributed by atoms with E-state index in [4.69, 9.17) is 11.6 Å². The molecule has 0 amide bonds. The Morgan fingerprint density at radius 2 is 2.00 bits per heavy atom. The maximum atomic E-state index is 5.91. The van der Waals surface area contributed by atoms with Crippen molar-refractivity contribution in [2.45, 2.75) is 19.8 Å². The van der Waals surface area contributed by atoms with Crippen LogP contribution in [0, 0.1) is 0 Å². The molecule has 0 aliphatic heterocycles. The summed E-state index contributed by atoms with van der Waals surface area (Å²) in [5.74, 6) is 0.542. The molecule has 0 atom stereocenters. The molecule has 0 aromatic heterocycles. The standard InChI is InChI=1S/C9H10BrCl/c1-6(2)7-3-4-8(10)9(11)5-7/h3-6H,1-2H3. The first-order chi connectivity index (χ1) is 5.11. The van der Waals surface area contributed by atoms with E-state index in [9.17, 15) is 0 Å². The van der Waals surface area contributed by atoms with Gasteiger partial charge >= 0.3 is 0 Å². The van der Waals surface area contributed by atoms with Gasteiger partial charge < -0.3 is 0 Å². The van der Waals surface area contributed by atoms with Crippen LogP contribution in [0.2, 0.25) is 5.02 Å². The minimum Gasteiger partial charge on any atom is -0.0831 e. The maximum absolute atomic E-state index is 5.91. The predicted molar refractivity (Wildman–Crippen MR) is 53.2 cm³/mol. The second-order valence-corrected chi connectivity index (χ2v) is 4.09. The van der Waals surface area contributed by atoms with E-state index in [1.807, 2.05) is 12.1 Å². The van der Waals surface area contributed by atoms with Crippen LogP contribution >= 0.6 is 27.5 Å². The molecule has 0 unspecified atom stereocenters. The van der Waals surface area contributed by atoms with Gasteiger partial charge in [-0.2, -0.15) is 0 Å². The quantitative estimate of drug-likeness (QED) is 0.681. The molecule has 0 bridgehead atoms. The van der Waals surface area contributed by atoms with E-state index in [-0.39, 0.29) is 0 Å². The van der Waals surface area contributed by atoms with E-state index in [0.717, 1.165) is 9.50 Å². The van der Waals surface area contributed by atoms with Crippen molar-refractivity contribution < 1.29 is 0 Å². The van der Waals surface area contributed by atoms with Crippen LogP contribution in [0.3, 0.4) is 0 Å². The normalized spacial score (nSPS) is 10.6. The summed E-state index contributed by atoms with van der Waals surface area (Å²) in [6.45, 7) is 4.30. The second-order valence-electron chi connectivity index (χ2n) is 2.83. The summed E-state index contributed by atoms with van der Waals surface area (Å²) in [6, 6.07) is 6.06. The highest BCUT2D eigenvalue weighted by atomic mass is 79.9. The SMILES string of the molecule is CC(C)c1ccc(Br)c(Cl)c1. The minimum absolute atomic E-state index is 0.542. The van der Waals surface area contributed by atoms with Gasteiger partial charge in [-0.05, 0) is 39.5 Å². The molecular formula is C9H10BrCl. The third-order valence-electron chi connectivity index (χ3n) is 1.61. The molecule has 1 aromatic rings. The second kappa shape index (κ2) is 3.59. The van der Waals surface area contributed by atoms with Gasteiger partial charge in [-0.15, -0.1) is 0 Å². The maximum Gasteiger partial charge on any atom is 0.0550 e. The molecule has 0 heterocycles. The van der Waals surface area contributed by atoms with Crippen molar-refractivity contribution in [1.29, 1.82) is 0 Å². The van der Waals surface area contributed by atoms with Gasteiger partial charge in [0.2, 0.25) is 0 Å². The average molecular weight is 234 g/mol. The van der Waals surface area contributed by atoms with E-state index in [1.165, 1.54) is 5.56 Å². The van der Waals surface area contributed by atoms with Gasteiger partial charge in [0.1, 0.15) is 0 Å². The fourth-order valence-corrected chi connectivity index (χ4v) is 1.31. The van der Waals surface area contributed by atoms with Gasteiger partial charge in [0, 0.05) is 4.47 Å². The van der Waals surface area contributed by atoms with Crippen molar-refractivity contribution in [2.24, 2.45) is 0 Å². The van der Waals surface area contributed by atoms with Crippen LogP contribution in [0.15, 0.2) is 22.7 Å². The van der Waals surface area contributed by atoms with Crippen LogP contribution in [-0.4, -0.2) is 0 Å². The van der Waals surface area contributed by atoms with Crippen molar-refractivity contribution >= 4 is 27.5 Å². The Morgan fingerprint density at radius 1 is 1.36 bits per heavy atom. The molecule has 0 aliphatic rings. The molecule has 0 N–H and O–H groups in total. The van der Waals surface area contributed by atoms with Crippen molar-refractivity contribution in [3.63, 3.8) is 0 Å².